The molecule has 0 spiro atoms. The van der Waals surface area contributed by atoms with Gasteiger partial charge in [0.15, 0.2) is 0 Å². The van der Waals surface area contributed by atoms with Gasteiger partial charge in [-0.05, 0) is 0 Å². The third-order valence-electron chi connectivity index (χ3n) is 3.73. The van der Waals surface area contributed by atoms with Crippen molar-refractivity contribution < 1.29 is 0 Å². The van der Waals surface area contributed by atoms with Gasteiger partial charge in [0.1, 0.15) is 0 Å². The van der Waals surface area contributed by atoms with E-state index < -0.39 is 13.3 Å². The Labute approximate surface area is 134 Å². The van der Waals surface area contributed by atoms with Crippen LogP contribution >= 0.6 is 0 Å². The molecule has 0 saturated carbocycles. The minimum absolute atomic E-state index is 0.774. The van der Waals surface area contributed by atoms with E-state index in [1.165, 1.54) is 4.40 Å². The van der Waals surface area contributed by atoms with Crippen LogP contribution in [0, 0.1) is 0 Å². The Morgan fingerprint density at radius 3 is 2.05 bits per heavy atom. The predicted molar refractivity (Wildman–Crippen MR) is 95.9 cm³/mol. The Kier molecular flexibility index (Phi) is 4.12. The van der Waals surface area contributed by atoms with Gasteiger partial charge in [-0.2, -0.15) is 0 Å². The van der Waals surface area contributed by atoms with Crippen molar-refractivity contribution in [3.05, 3.63) is 66.9 Å². The van der Waals surface area contributed by atoms with Crippen molar-refractivity contribution in [2.75, 3.05) is 0 Å². The summed E-state index contributed by atoms with van der Waals surface area (Å²) in [5.41, 5.74) is 3.17. The molecule has 0 aliphatic carbocycles. The second-order valence-electron chi connectivity index (χ2n) is 6.46. The maximum atomic E-state index is 4.71. The van der Waals surface area contributed by atoms with Gasteiger partial charge in [0.05, 0.1) is 0 Å². The molecule has 0 bridgehead atoms. The topological polar surface area (TPSA) is 25.8 Å². The van der Waals surface area contributed by atoms with E-state index in [2.05, 4.69) is 46.5 Å². The second kappa shape index (κ2) is 6.05. The summed E-state index contributed by atoms with van der Waals surface area (Å²) in [4.78, 5) is 9.10. The van der Waals surface area contributed by atoms with Crippen LogP contribution in [0.15, 0.2) is 66.9 Å². The normalized spacial score (nSPS) is 11.4. The summed E-state index contributed by atoms with van der Waals surface area (Å²) < 4.78 is 1.51. The Morgan fingerprint density at radius 1 is 0.727 bits per heavy atom. The molecular weight excluding hydrogens is 329 g/mol. The summed E-state index contributed by atoms with van der Waals surface area (Å²) in [6.45, 7) is 0. The predicted octanol–water partition coefficient (Wildman–Crippen LogP) is 4.36. The summed E-state index contributed by atoms with van der Waals surface area (Å²) in [7, 11) is 0. The summed E-state index contributed by atoms with van der Waals surface area (Å²) in [6, 6.07) is 21.0. The average Bonchev–Trinajstić information content (AvgIpc) is 2.55. The van der Waals surface area contributed by atoms with E-state index in [-0.39, 0.29) is 0 Å². The molecule has 2 aromatic carbocycles. The van der Waals surface area contributed by atoms with Crippen molar-refractivity contribution in [2.45, 2.75) is 17.3 Å². The third kappa shape index (κ3) is 3.28. The Bertz CT molecular complexity index is 759. The van der Waals surface area contributed by atoms with Gasteiger partial charge >= 0.3 is 134 Å². The Balaban J connectivity index is 1.96. The zero-order valence-corrected chi connectivity index (χ0v) is 15.3. The fourth-order valence-electron chi connectivity index (χ4n) is 2.39. The van der Waals surface area contributed by atoms with E-state index in [9.17, 15) is 0 Å². The number of aromatic nitrogens is 2. The van der Waals surface area contributed by atoms with Crippen LogP contribution in [0.5, 0.6) is 0 Å². The van der Waals surface area contributed by atoms with Crippen LogP contribution in [0.1, 0.15) is 0 Å². The van der Waals surface area contributed by atoms with Crippen molar-refractivity contribution in [1.29, 1.82) is 0 Å². The third-order valence-corrected chi connectivity index (χ3v) is 8.07. The molecular formula is C19H20GeN2. The number of benzene rings is 2. The first-order valence-corrected chi connectivity index (χ1v) is 14.9. The molecule has 0 fully saturated rings. The molecule has 1 heterocycles. The molecule has 3 rings (SSSR count). The van der Waals surface area contributed by atoms with Crippen molar-refractivity contribution in [1.82, 2.24) is 9.97 Å². The molecule has 3 aromatic rings. The van der Waals surface area contributed by atoms with Crippen LogP contribution < -0.4 is 4.40 Å². The number of hydrogen-bond donors (Lipinski definition) is 0. The first kappa shape index (κ1) is 15.0. The summed E-state index contributed by atoms with van der Waals surface area (Å²) >= 11 is -1.75. The molecule has 1 aromatic heterocycles. The van der Waals surface area contributed by atoms with Crippen molar-refractivity contribution in [3.63, 3.8) is 0 Å². The molecule has 110 valence electrons. The van der Waals surface area contributed by atoms with Gasteiger partial charge in [-0.3, -0.25) is 0 Å². The van der Waals surface area contributed by atoms with E-state index in [4.69, 9.17) is 4.98 Å². The molecule has 3 heteroatoms. The van der Waals surface area contributed by atoms with Gasteiger partial charge in [0.25, 0.3) is 0 Å². The van der Waals surface area contributed by atoms with Gasteiger partial charge < -0.3 is 0 Å². The molecule has 0 saturated heterocycles. The Hall–Kier alpha value is -1.94. The molecule has 0 radical (unpaired) electrons. The van der Waals surface area contributed by atoms with Crippen molar-refractivity contribution in [3.8, 4) is 22.6 Å². The van der Waals surface area contributed by atoms with E-state index in [1.54, 1.807) is 0 Å². The second-order valence-corrected chi connectivity index (χ2v) is 17.1. The number of rotatable bonds is 3. The van der Waals surface area contributed by atoms with Crippen LogP contribution in [0.25, 0.3) is 22.6 Å². The standard InChI is InChI=1S/C19H20GeN2/c1-20(2,3)17-11-9-15(10-12-17)18-13-14-21-19(22-18)16-7-5-4-6-8-16/h4-14H,1-3H3. The summed E-state index contributed by atoms with van der Waals surface area (Å²) in [5, 5.41) is 0. The zero-order valence-electron chi connectivity index (χ0n) is 13.2. The monoisotopic (exact) mass is 350 g/mol. The summed E-state index contributed by atoms with van der Waals surface area (Å²) in [5.74, 6) is 8.00. The number of hydrogen-bond acceptors (Lipinski definition) is 2. The quantitative estimate of drug-likeness (QED) is 0.657. The molecule has 0 amide bonds. The van der Waals surface area contributed by atoms with Crippen LogP contribution in [0.2, 0.25) is 17.3 Å². The van der Waals surface area contributed by atoms with Gasteiger partial charge in [-0.25, -0.2) is 0 Å². The van der Waals surface area contributed by atoms with Gasteiger partial charge in [-0.15, -0.1) is 0 Å². The fraction of sp³-hybridized carbons (Fsp3) is 0.158. The molecule has 0 atom stereocenters. The molecule has 0 N–H and O–H groups in total. The fourth-order valence-corrected chi connectivity index (χ4v) is 4.83. The van der Waals surface area contributed by atoms with Crippen molar-refractivity contribution in [2.24, 2.45) is 0 Å². The van der Waals surface area contributed by atoms with Gasteiger partial charge in [0, 0.05) is 0 Å². The maximum absolute atomic E-state index is 4.71. The van der Waals surface area contributed by atoms with Crippen molar-refractivity contribution >= 4 is 17.7 Å². The van der Waals surface area contributed by atoms with Crippen LogP contribution in [0.3, 0.4) is 0 Å². The van der Waals surface area contributed by atoms with Gasteiger partial charge in [0.2, 0.25) is 0 Å². The molecule has 0 aliphatic heterocycles. The van der Waals surface area contributed by atoms with E-state index in [0.717, 1.165) is 22.6 Å². The Morgan fingerprint density at radius 2 is 1.41 bits per heavy atom. The minimum atomic E-state index is -1.75. The van der Waals surface area contributed by atoms with Crippen LogP contribution in [0.4, 0.5) is 0 Å². The zero-order chi connectivity index (χ0) is 15.6. The van der Waals surface area contributed by atoms with Crippen LogP contribution in [-0.2, 0) is 0 Å². The van der Waals surface area contributed by atoms with E-state index in [0.29, 0.717) is 0 Å². The summed E-state index contributed by atoms with van der Waals surface area (Å²) in [6.07, 6.45) is 1.83. The first-order valence-electron chi connectivity index (χ1n) is 7.53. The van der Waals surface area contributed by atoms with Gasteiger partial charge in [-0.1, -0.05) is 0 Å². The molecule has 0 unspecified atom stereocenters. The molecule has 22 heavy (non-hydrogen) atoms. The molecule has 0 aliphatic rings. The molecule has 2 nitrogen and oxygen atoms in total. The number of nitrogens with zero attached hydrogens (tertiary/aromatic N) is 2. The SMILES string of the molecule is [CH3][Ge]([CH3])([CH3])[c]1ccc(-c2ccnc(-c3ccccc3)n2)cc1. The van der Waals surface area contributed by atoms with Crippen LogP contribution in [-0.4, -0.2) is 23.2 Å². The average molecular weight is 349 g/mol. The first-order chi connectivity index (χ1) is 10.5. The van der Waals surface area contributed by atoms with E-state index in [1.807, 2.05) is 42.6 Å². The van der Waals surface area contributed by atoms with E-state index >= 15 is 0 Å².